The molecule has 4 amide bonds. The number of carbonyl (C=O) groups is 6. The number of rotatable bonds is 19. The summed E-state index contributed by atoms with van der Waals surface area (Å²) in [4.78, 5) is 75.5. The molecule has 0 saturated heterocycles. The Morgan fingerprint density at radius 2 is 1.19 bits per heavy atom. The number of nitrogens with two attached hydrogens (primary N) is 1. The van der Waals surface area contributed by atoms with Gasteiger partial charge in [-0.1, -0.05) is 64.5 Å². The van der Waals surface area contributed by atoms with Crippen LogP contribution in [0.1, 0.15) is 43.9 Å². The molecule has 0 unspecified atom stereocenters. The van der Waals surface area contributed by atoms with Crippen LogP contribution in [-0.4, -0.2) is 85.8 Å². The number of ether oxygens (including phenoxy) is 6. The van der Waals surface area contributed by atoms with Crippen LogP contribution in [0.2, 0.25) is 0 Å². The first-order valence-electron chi connectivity index (χ1n) is 20.1. The van der Waals surface area contributed by atoms with Crippen molar-refractivity contribution in [2.45, 2.75) is 70.4 Å². The van der Waals surface area contributed by atoms with Crippen LogP contribution in [0.15, 0.2) is 72.8 Å². The zero-order valence-electron chi connectivity index (χ0n) is 37.7. The molecule has 1 saturated carbocycles. The van der Waals surface area contributed by atoms with Gasteiger partial charge in [-0.3, -0.25) is 9.59 Å². The number of alkyl halides is 1. The molecule has 381 valence electrons. The molecule has 5 radical (unpaired) electrons. The standard InChI is InChI=1S/C39H47BrN4O12.C5H5.F6P.Ru/c1-39(2,3)56-38(50)43-28(22-33(41)45)34(46)42-29(35(47)52-5)19-24-11-14-27(15-12-24)55-32-21-26(13-16-31(32)51-4)20-30(36(48)53-18-17-40)44-37(49)54-23-25-9-7-6-8-10-25;1-2-4-5-3-1;1-7(2,3,4,5)6;/h6-16,21,28-30H,17-20,22-23H2,1-5H3,(H2,41,45)(H,42,46)(H,43,50)(H,44,49);1-5H;;/q;;-1;+2/t28-,29-,30-;;;/m0.../s1. The van der Waals surface area contributed by atoms with Gasteiger partial charge in [-0.2, -0.15) is 0 Å². The van der Waals surface area contributed by atoms with Gasteiger partial charge in [0.1, 0.15) is 42.7 Å². The van der Waals surface area contributed by atoms with E-state index in [4.69, 9.17) is 34.2 Å². The van der Waals surface area contributed by atoms with Crippen LogP contribution < -0.4 is 31.2 Å². The van der Waals surface area contributed by atoms with Gasteiger partial charge in [0.25, 0.3) is 0 Å². The number of hydrogen-bond donors (Lipinski definition) is 4. The van der Waals surface area contributed by atoms with Crippen LogP contribution in [0.5, 0.6) is 17.2 Å². The number of carbonyl (C=O) groups excluding carboxylic acids is 6. The minimum absolute atomic E-state index is 0. The number of benzene rings is 3. The van der Waals surface area contributed by atoms with E-state index in [-0.39, 0.29) is 45.5 Å². The van der Waals surface area contributed by atoms with Crippen LogP contribution in [0, 0.1) is 32.1 Å². The van der Waals surface area contributed by atoms with Crippen molar-refractivity contribution in [2.75, 3.05) is 26.2 Å². The topological polar surface area (TPSA) is 220 Å². The predicted octanol–water partition coefficient (Wildman–Crippen LogP) is 8.63. The average Bonchev–Trinajstić information content (AvgIpc) is 3.84. The summed E-state index contributed by atoms with van der Waals surface area (Å²) < 4.78 is 91.5. The van der Waals surface area contributed by atoms with Crippen LogP contribution in [0.25, 0.3) is 0 Å². The molecule has 1 fully saturated rings. The van der Waals surface area contributed by atoms with Crippen LogP contribution in [0.4, 0.5) is 34.8 Å². The molecule has 0 spiro atoms. The van der Waals surface area contributed by atoms with Gasteiger partial charge in [-0.05, 0) is 93.8 Å². The van der Waals surface area contributed by atoms with Crippen molar-refractivity contribution in [3.8, 4) is 17.2 Å². The van der Waals surface area contributed by atoms with Gasteiger partial charge >= 0.3 is 76.6 Å². The Morgan fingerprint density at radius 1 is 0.667 bits per heavy atom. The molecule has 4 rings (SSSR count). The number of alkyl carbamates (subject to hydrolysis) is 2. The Balaban J connectivity index is 0.00000160. The van der Waals surface area contributed by atoms with Crippen molar-refractivity contribution in [3.05, 3.63) is 122 Å². The van der Waals surface area contributed by atoms with Crippen molar-refractivity contribution in [3.63, 3.8) is 0 Å². The molecule has 0 aliphatic heterocycles. The number of halogens is 7. The summed E-state index contributed by atoms with van der Waals surface area (Å²) in [6.45, 7) is 4.99. The van der Waals surface area contributed by atoms with E-state index in [2.05, 4.69) is 31.9 Å². The third-order valence-corrected chi connectivity index (χ3v) is 8.46. The van der Waals surface area contributed by atoms with E-state index in [0.29, 0.717) is 33.7 Å². The Labute approximate surface area is 416 Å². The van der Waals surface area contributed by atoms with Crippen molar-refractivity contribution in [2.24, 2.45) is 5.73 Å². The molecule has 0 bridgehead atoms. The number of methoxy groups -OCH3 is 2. The molecule has 16 nitrogen and oxygen atoms in total. The van der Waals surface area contributed by atoms with Crippen molar-refractivity contribution < 1.29 is 102 Å². The summed E-state index contributed by atoms with van der Waals surface area (Å²) in [5, 5.41) is 7.83. The fourth-order valence-corrected chi connectivity index (χ4v) is 5.51. The summed E-state index contributed by atoms with van der Waals surface area (Å²) in [6, 6.07) is 17.0. The fraction of sp³-hybridized carbons (Fsp3) is 0.341. The summed E-state index contributed by atoms with van der Waals surface area (Å²) in [6.07, 6.45) is 7.72. The average molecular weight is 1150 g/mol. The second-order valence-corrected chi connectivity index (χ2v) is 17.8. The smallest absolute Gasteiger partial charge is 0.0312 e. The third-order valence-electron chi connectivity index (χ3n) is 8.14. The second-order valence-electron chi connectivity index (χ2n) is 15.1. The number of hydrogen-bond acceptors (Lipinski definition) is 12. The SMILES string of the molecule is COC(=O)[C@H](Cc1ccc(Oc2cc(C[C@H](NC(=O)OCc3ccccc3)C(=O)OCCBr)ccc2OC)cc1)NC(=O)[C@H](CC(N)=O)NC(=O)OC(C)(C)C.F[P-](F)(F)(F)(F)F.[CH]1[CH][CH][CH][CH]1.[Ru+2]. The van der Waals surface area contributed by atoms with Gasteiger partial charge in [0.15, 0.2) is 11.5 Å². The minimum atomic E-state index is -10.7. The van der Waals surface area contributed by atoms with Crippen molar-refractivity contribution in [1.29, 1.82) is 0 Å². The minimum Gasteiger partial charge on any atom is -0.0312 e. The largest absolute Gasteiger partial charge is 2.00 e. The van der Waals surface area contributed by atoms with Gasteiger partial charge in [-0.25, -0.2) is 19.2 Å². The van der Waals surface area contributed by atoms with Gasteiger partial charge in [0.05, 0.1) is 20.6 Å². The monoisotopic (exact) mass is 1150 g/mol. The molecule has 5 N–H and O–H groups in total. The van der Waals surface area contributed by atoms with E-state index >= 15 is 0 Å². The summed E-state index contributed by atoms with van der Waals surface area (Å²) in [7, 11) is -8.04. The van der Waals surface area contributed by atoms with Crippen LogP contribution in [0.3, 0.4) is 0 Å². The Bertz CT molecular complexity index is 2120. The number of amides is 4. The molecule has 1 aliphatic rings. The molecule has 1 aliphatic carbocycles. The quantitative estimate of drug-likeness (QED) is 0.0221. The summed E-state index contributed by atoms with van der Waals surface area (Å²) in [5.74, 6) is -2.09. The zero-order valence-corrected chi connectivity index (χ0v) is 41.9. The molecule has 0 aromatic heterocycles. The van der Waals surface area contributed by atoms with E-state index in [1.165, 1.54) is 7.11 Å². The van der Waals surface area contributed by atoms with E-state index < -0.39 is 73.9 Å². The van der Waals surface area contributed by atoms with E-state index in [1.54, 1.807) is 75.4 Å². The molecule has 0 heterocycles. The van der Waals surface area contributed by atoms with Gasteiger partial charge < -0.3 is 50.1 Å². The van der Waals surface area contributed by atoms with Crippen LogP contribution in [-0.2, 0) is 77.1 Å². The zero-order chi connectivity index (χ0) is 51.2. The Hall–Kier alpha value is -5.21. The van der Waals surface area contributed by atoms with E-state index in [9.17, 15) is 53.9 Å². The first-order valence-corrected chi connectivity index (χ1v) is 23.2. The first-order chi connectivity index (χ1) is 31.5. The number of primary amides is 1. The summed E-state index contributed by atoms with van der Waals surface area (Å²) in [5.41, 5.74) is 6.40. The van der Waals surface area contributed by atoms with Gasteiger partial charge in [-0.15, -0.1) is 0 Å². The molecule has 69 heavy (non-hydrogen) atoms. The summed E-state index contributed by atoms with van der Waals surface area (Å²) >= 11 is 3.23. The maximum absolute atomic E-state index is 13.1. The Morgan fingerprint density at radius 3 is 1.70 bits per heavy atom. The van der Waals surface area contributed by atoms with Crippen LogP contribution >= 0.6 is 23.7 Å². The van der Waals surface area contributed by atoms with Crippen molar-refractivity contribution in [1.82, 2.24) is 16.0 Å². The molecule has 25 heteroatoms. The molecule has 3 aromatic rings. The molecular formula is C44H52BrF6N4O12PRu+. The first kappa shape index (κ1) is 61.8. The normalized spacial score (nSPS) is 14.2. The number of esters is 2. The second kappa shape index (κ2) is 27.8. The maximum atomic E-state index is 13.1. The molecular weight excluding hydrogens is 1100 g/mol. The van der Waals surface area contributed by atoms with Gasteiger partial charge in [0.2, 0.25) is 11.8 Å². The third kappa shape index (κ3) is 29.4. The van der Waals surface area contributed by atoms with Crippen molar-refractivity contribution >= 4 is 59.7 Å². The van der Waals surface area contributed by atoms with Gasteiger partial charge in [0, 0.05) is 18.2 Å². The Kier molecular flexibility index (Phi) is 24.9. The number of nitrogens with one attached hydrogen (secondary N) is 3. The van der Waals surface area contributed by atoms with E-state index in [1.807, 2.05) is 50.3 Å². The fourth-order valence-electron chi connectivity index (χ4n) is 5.35. The molecule has 3 atom stereocenters. The molecule has 3 aromatic carbocycles. The van der Waals surface area contributed by atoms with E-state index in [0.717, 1.165) is 12.7 Å². The maximum Gasteiger partial charge on any atom is 2.00 e. The predicted molar refractivity (Wildman–Crippen MR) is 241 cm³/mol.